The van der Waals surface area contributed by atoms with Crippen molar-refractivity contribution in [2.45, 2.75) is 24.3 Å². The minimum atomic E-state index is -3.78. The summed E-state index contributed by atoms with van der Waals surface area (Å²) in [6.45, 7) is 1.90. The standard InChI is InChI=1S/C10H10ClNO3S/c1-6-4-7-2-3-8(16(11,14)15)5-9(7)10(13)12-6/h2-3,5-6H,4H2,1H3,(H,12,13). The number of benzene rings is 1. The number of amides is 1. The topological polar surface area (TPSA) is 63.2 Å². The number of carbonyl (C=O) groups is 1. The maximum absolute atomic E-state index is 11.6. The maximum atomic E-state index is 11.6. The molecule has 1 amide bonds. The van der Waals surface area contributed by atoms with Gasteiger partial charge in [0.2, 0.25) is 0 Å². The minimum absolute atomic E-state index is 0.0439. The molecular weight excluding hydrogens is 250 g/mol. The summed E-state index contributed by atoms with van der Waals surface area (Å²) in [6.07, 6.45) is 0.698. The first-order chi connectivity index (χ1) is 7.38. The van der Waals surface area contributed by atoms with Crippen LogP contribution in [0.3, 0.4) is 0 Å². The third-order valence-corrected chi connectivity index (χ3v) is 3.86. The molecule has 0 saturated heterocycles. The fourth-order valence-corrected chi connectivity index (χ4v) is 2.56. The van der Waals surface area contributed by atoms with E-state index < -0.39 is 9.05 Å². The Morgan fingerprint density at radius 3 is 2.75 bits per heavy atom. The molecule has 1 atom stereocenters. The second-order valence-electron chi connectivity index (χ2n) is 3.84. The molecule has 0 aliphatic carbocycles. The summed E-state index contributed by atoms with van der Waals surface area (Å²) in [7, 11) is 1.44. The Kier molecular flexibility index (Phi) is 2.67. The third kappa shape index (κ3) is 2.05. The Bertz CT molecular complexity index is 553. The zero-order valence-electron chi connectivity index (χ0n) is 8.53. The summed E-state index contributed by atoms with van der Waals surface area (Å²) >= 11 is 0. The molecule has 4 nitrogen and oxygen atoms in total. The molecule has 6 heteroatoms. The summed E-state index contributed by atoms with van der Waals surface area (Å²) in [5.41, 5.74) is 1.24. The Balaban J connectivity index is 2.55. The van der Waals surface area contributed by atoms with E-state index in [-0.39, 0.29) is 16.8 Å². The van der Waals surface area contributed by atoms with Crippen molar-refractivity contribution in [1.29, 1.82) is 0 Å². The van der Waals surface area contributed by atoms with Gasteiger partial charge >= 0.3 is 0 Å². The third-order valence-electron chi connectivity index (χ3n) is 2.51. The Morgan fingerprint density at radius 1 is 1.44 bits per heavy atom. The maximum Gasteiger partial charge on any atom is 0.261 e. The smallest absolute Gasteiger partial charge is 0.261 e. The van der Waals surface area contributed by atoms with Gasteiger partial charge in [0.1, 0.15) is 0 Å². The van der Waals surface area contributed by atoms with E-state index in [9.17, 15) is 13.2 Å². The molecule has 0 spiro atoms. The van der Waals surface area contributed by atoms with Gasteiger partial charge in [-0.1, -0.05) is 6.07 Å². The van der Waals surface area contributed by atoms with Gasteiger partial charge in [-0.05, 0) is 31.0 Å². The van der Waals surface area contributed by atoms with E-state index in [2.05, 4.69) is 5.32 Å². The molecule has 86 valence electrons. The van der Waals surface area contributed by atoms with E-state index in [0.717, 1.165) is 5.56 Å². The number of halogens is 1. The van der Waals surface area contributed by atoms with E-state index in [0.29, 0.717) is 12.0 Å². The van der Waals surface area contributed by atoms with Gasteiger partial charge in [-0.2, -0.15) is 0 Å². The van der Waals surface area contributed by atoms with Crippen LogP contribution in [-0.2, 0) is 15.5 Å². The summed E-state index contributed by atoms with van der Waals surface area (Å²) in [5.74, 6) is -0.254. The zero-order valence-corrected chi connectivity index (χ0v) is 10.1. The van der Waals surface area contributed by atoms with Crippen LogP contribution in [0.4, 0.5) is 0 Å². The highest BCUT2D eigenvalue weighted by molar-refractivity contribution is 8.13. The molecule has 0 fully saturated rings. The van der Waals surface area contributed by atoms with Gasteiger partial charge in [-0.25, -0.2) is 8.42 Å². The molecule has 2 rings (SSSR count). The van der Waals surface area contributed by atoms with Crippen LogP contribution >= 0.6 is 10.7 Å². The number of rotatable bonds is 1. The van der Waals surface area contributed by atoms with Crippen molar-refractivity contribution in [1.82, 2.24) is 5.32 Å². The fourth-order valence-electron chi connectivity index (χ4n) is 1.78. The van der Waals surface area contributed by atoms with Crippen LogP contribution in [-0.4, -0.2) is 20.4 Å². The Morgan fingerprint density at radius 2 is 2.12 bits per heavy atom. The Hall–Kier alpha value is -1.07. The van der Waals surface area contributed by atoms with Crippen LogP contribution in [0.2, 0.25) is 0 Å². The van der Waals surface area contributed by atoms with Crippen LogP contribution < -0.4 is 5.32 Å². The van der Waals surface area contributed by atoms with E-state index >= 15 is 0 Å². The molecule has 16 heavy (non-hydrogen) atoms. The molecule has 1 N–H and O–H groups in total. The van der Waals surface area contributed by atoms with Crippen molar-refractivity contribution in [3.63, 3.8) is 0 Å². The zero-order chi connectivity index (χ0) is 11.9. The van der Waals surface area contributed by atoms with Gasteiger partial charge in [0.15, 0.2) is 0 Å². The van der Waals surface area contributed by atoms with Crippen molar-refractivity contribution in [2.24, 2.45) is 0 Å². The SMILES string of the molecule is CC1Cc2ccc(S(=O)(=O)Cl)cc2C(=O)N1. The molecule has 0 bridgehead atoms. The lowest BCUT2D eigenvalue weighted by Gasteiger charge is -2.22. The fraction of sp³-hybridized carbons (Fsp3) is 0.300. The highest BCUT2D eigenvalue weighted by Gasteiger charge is 2.23. The minimum Gasteiger partial charge on any atom is -0.349 e. The molecule has 0 aromatic heterocycles. The van der Waals surface area contributed by atoms with Crippen molar-refractivity contribution >= 4 is 25.6 Å². The average molecular weight is 260 g/mol. The first-order valence-electron chi connectivity index (χ1n) is 4.76. The van der Waals surface area contributed by atoms with Crippen LogP contribution in [0.25, 0.3) is 0 Å². The molecule has 1 aromatic carbocycles. The average Bonchev–Trinajstić information content (AvgIpc) is 2.15. The highest BCUT2D eigenvalue weighted by atomic mass is 35.7. The number of hydrogen-bond donors (Lipinski definition) is 1. The van der Waals surface area contributed by atoms with Gasteiger partial charge in [0, 0.05) is 22.3 Å². The largest absolute Gasteiger partial charge is 0.349 e. The van der Waals surface area contributed by atoms with Crippen molar-refractivity contribution < 1.29 is 13.2 Å². The van der Waals surface area contributed by atoms with Gasteiger partial charge in [0.05, 0.1) is 4.90 Å². The molecule has 1 unspecified atom stereocenters. The van der Waals surface area contributed by atoms with E-state index in [1.54, 1.807) is 6.07 Å². The summed E-state index contributed by atoms with van der Waals surface area (Å²) in [6, 6.07) is 4.45. The van der Waals surface area contributed by atoms with Crippen LogP contribution in [0.1, 0.15) is 22.8 Å². The second kappa shape index (κ2) is 3.75. The van der Waals surface area contributed by atoms with Crippen molar-refractivity contribution in [3.8, 4) is 0 Å². The molecule has 0 radical (unpaired) electrons. The van der Waals surface area contributed by atoms with E-state index in [1.165, 1.54) is 12.1 Å². The van der Waals surface area contributed by atoms with Crippen molar-refractivity contribution in [2.75, 3.05) is 0 Å². The van der Waals surface area contributed by atoms with Gasteiger partial charge < -0.3 is 5.32 Å². The lowest BCUT2D eigenvalue weighted by atomic mass is 9.96. The van der Waals surface area contributed by atoms with Gasteiger partial charge in [-0.15, -0.1) is 0 Å². The Labute approximate surface area is 98.0 Å². The molecule has 1 aliphatic heterocycles. The molecular formula is C10H10ClNO3S. The van der Waals surface area contributed by atoms with Gasteiger partial charge in [-0.3, -0.25) is 4.79 Å². The number of carbonyl (C=O) groups excluding carboxylic acids is 1. The number of fused-ring (bicyclic) bond motifs is 1. The van der Waals surface area contributed by atoms with E-state index in [1.807, 2.05) is 6.92 Å². The van der Waals surface area contributed by atoms with Gasteiger partial charge in [0.25, 0.3) is 15.0 Å². The highest BCUT2D eigenvalue weighted by Crippen LogP contribution is 2.22. The molecule has 1 aliphatic rings. The lowest BCUT2D eigenvalue weighted by Crippen LogP contribution is -2.39. The summed E-state index contributed by atoms with van der Waals surface area (Å²) in [5, 5.41) is 2.74. The normalized spacial score (nSPS) is 20.1. The van der Waals surface area contributed by atoms with E-state index in [4.69, 9.17) is 10.7 Å². The predicted molar refractivity (Wildman–Crippen MR) is 60.1 cm³/mol. The monoisotopic (exact) mass is 259 g/mol. The van der Waals surface area contributed by atoms with Crippen molar-refractivity contribution in [3.05, 3.63) is 29.3 Å². The van der Waals surface area contributed by atoms with Crippen LogP contribution in [0.15, 0.2) is 23.1 Å². The lowest BCUT2D eigenvalue weighted by molar-refractivity contribution is 0.0929. The molecule has 1 aromatic rings. The summed E-state index contributed by atoms with van der Waals surface area (Å²) in [4.78, 5) is 11.6. The van der Waals surface area contributed by atoms with Crippen LogP contribution in [0.5, 0.6) is 0 Å². The number of hydrogen-bond acceptors (Lipinski definition) is 3. The first-order valence-corrected chi connectivity index (χ1v) is 7.07. The molecule has 0 saturated carbocycles. The van der Waals surface area contributed by atoms with Crippen LogP contribution in [0, 0.1) is 0 Å². The predicted octanol–water partition coefficient (Wildman–Crippen LogP) is 1.29. The first kappa shape index (κ1) is 11.4. The second-order valence-corrected chi connectivity index (χ2v) is 6.40. The quantitative estimate of drug-likeness (QED) is 0.773. The molecule has 1 heterocycles. The number of nitrogens with one attached hydrogen (secondary N) is 1. The summed E-state index contributed by atoms with van der Waals surface area (Å²) < 4.78 is 22.2.